The van der Waals surface area contributed by atoms with Crippen molar-refractivity contribution in [3.05, 3.63) is 29.8 Å². The molecule has 2 N–H and O–H groups in total. The van der Waals surface area contributed by atoms with Crippen molar-refractivity contribution in [1.82, 2.24) is 4.90 Å². The highest BCUT2D eigenvalue weighted by molar-refractivity contribution is 5.40. The molecule has 0 aliphatic rings. The van der Waals surface area contributed by atoms with Gasteiger partial charge in [0.05, 0.1) is 0 Å². The summed E-state index contributed by atoms with van der Waals surface area (Å²) in [6.45, 7) is 6.75. The molecule has 0 saturated carbocycles. The van der Waals surface area contributed by atoms with Crippen LogP contribution >= 0.6 is 0 Å². The Bertz CT molecular complexity index is 301. The summed E-state index contributed by atoms with van der Waals surface area (Å²) in [5.74, 6) is 0. The van der Waals surface area contributed by atoms with Gasteiger partial charge in [-0.05, 0) is 44.5 Å². The molecule has 1 unspecified atom stereocenters. The molecule has 0 aliphatic carbocycles. The molecule has 0 fully saturated rings. The lowest BCUT2D eigenvalue weighted by Gasteiger charge is -2.32. The fraction of sp³-hybridized carbons (Fsp3) is 0.571. The van der Waals surface area contributed by atoms with Gasteiger partial charge in [0.25, 0.3) is 0 Å². The monoisotopic (exact) mass is 220 g/mol. The van der Waals surface area contributed by atoms with Gasteiger partial charge in [-0.2, -0.15) is 0 Å². The second kappa shape index (κ2) is 5.90. The zero-order chi connectivity index (χ0) is 12.1. The second-order valence-electron chi connectivity index (χ2n) is 4.48. The van der Waals surface area contributed by atoms with E-state index in [0.29, 0.717) is 12.1 Å². The molecule has 0 aromatic heterocycles. The van der Waals surface area contributed by atoms with Gasteiger partial charge < -0.3 is 5.73 Å². The van der Waals surface area contributed by atoms with Crippen molar-refractivity contribution >= 4 is 5.69 Å². The third-order valence-electron chi connectivity index (χ3n) is 3.55. The third kappa shape index (κ3) is 2.99. The first-order valence-corrected chi connectivity index (χ1v) is 6.17. The van der Waals surface area contributed by atoms with E-state index in [9.17, 15) is 0 Å². The fourth-order valence-electron chi connectivity index (χ4n) is 2.19. The summed E-state index contributed by atoms with van der Waals surface area (Å²) in [5.41, 5.74) is 7.87. The molecule has 0 radical (unpaired) electrons. The number of benzene rings is 1. The van der Waals surface area contributed by atoms with Crippen molar-refractivity contribution in [2.75, 3.05) is 12.8 Å². The number of anilines is 1. The standard InChI is InChI=1S/C14H24N2/c1-5-14(6-2)16(4)11(3)12-7-9-13(15)10-8-12/h7-11,14H,5-6,15H2,1-4H3. The van der Waals surface area contributed by atoms with Gasteiger partial charge >= 0.3 is 0 Å². The van der Waals surface area contributed by atoms with Gasteiger partial charge in [-0.3, -0.25) is 4.90 Å². The third-order valence-corrected chi connectivity index (χ3v) is 3.55. The lowest BCUT2D eigenvalue weighted by Crippen LogP contribution is -2.32. The SMILES string of the molecule is CCC(CC)N(C)C(C)c1ccc(N)cc1. The van der Waals surface area contributed by atoms with Crippen molar-refractivity contribution in [3.8, 4) is 0 Å². The molecule has 2 nitrogen and oxygen atoms in total. The van der Waals surface area contributed by atoms with Crippen LogP contribution in [0, 0.1) is 0 Å². The maximum Gasteiger partial charge on any atom is 0.0319 e. The first-order chi connectivity index (χ1) is 7.60. The molecule has 0 spiro atoms. The summed E-state index contributed by atoms with van der Waals surface area (Å²) in [5, 5.41) is 0. The first kappa shape index (κ1) is 13.0. The van der Waals surface area contributed by atoms with E-state index in [1.165, 1.54) is 18.4 Å². The van der Waals surface area contributed by atoms with Crippen molar-refractivity contribution in [1.29, 1.82) is 0 Å². The Morgan fingerprint density at radius 1 is 1.12 bits per heavy atom. The average Bonchev–Trinajstić information content (AvgIpc) is 2.30. The van der Waals surface area contributed by atoms with E-state index in [1.54, 1.807) is 0 Å². The highest BCUT2D eigenvalue weighted by Gasteiger charge is 2.17. The number of rotatable bonds is 5. The Hall–Kier alpha value is -1.02. The Labute approximate surface area is 99.5 Å². The lowest BCUT2D eigenvalue weighted by atomic mass is 10.0. The van der Waals surface area contributed by atoms with E-state index in [2.05, 4.69) is 44.9 Å². The molecule has 1 aromatic carbocycles. The first-order valence-electron chi connectivity index (χ1n) is 6.17. The lowest BCUT2D eigenvalue weighted by molar-refractivity contribution is 0.175. The molecular formula is C14H24N2. The molecule has 0 amide bonds. The summed E-state index contributed by atoms with van der Waals surface area (Å²) in [6.07, 6.45) is 2.40. The summed E-state index contributed by atoms with van der Waals surface area (Å²) in [6, 6.07) is 9.31. The molecule has 0 bridgehead atoms. The highest BCUT2D eigenvalue weighted by Crippen LogP contribution is 2.23. The Balaban J connectivity index is 2.76. The Morgan fingerprint density at radius 3 is 2.06 bits per heavy atom. The smallest absolute Gasteiger partial charge is 0.0319 e. The minimum absolute atomic E-state index is 0.450. The number of hydrogen-bond donors (Lipinski definition) is 1. The van der Waals surface area contributed by atoms with Crippen LogP contribution in [0.15, 0.2) is 24.3 Å². The number of nitrogens with zero attached hydrogens (tertiary/aromatic N) is 1. The molecule has 1 rings (SSSR count). The highest BCUT2D eigenvalue weighted by atomic mass is 15.2. The predicted octanol–water partition coefficient (Wildman–Crippen LogP) is 3.45. The molecule has 1 aromatic rings. The molecule has 16 heavy (non-hydrogen) atoms. The topological polar surface area (TPSA) is 29.3 Å². The zero-order valence-corrected chi connectivity index (χ0v) is 10.9. The summed E-state index contributed by atoms with van der Waals surface area (Å²) in [4.78, 5) is 2.45. The summed E-state index contributed by atoms with van der Waals surface area (Å²) < 4.78 is 0. The quantitative estimate of drug-likeness (QED) is 0.770. The molecular weight excluding hydrogens is 196 g/mol. The largest absolute Gasteiger partial charge is 0.399 e. The molecule has 2 heteroatoms. The minimum atomic E-state index is 0.450. The van der Waals surface area contributed by atoms with Gasteiger partial charge in [0.2, 0.25) is 0 Å². The van der Waals surface area contributed by atoms with Crippen LogP contribution in [0.25, 0.3) is 0 Å². The molecule has 0 saturated heterocycles. The molecule has 90 valence electrons. The van der Waals surface area contributed by atoms with Crippen LogP contribution in [0.2, 0.25) is 0 Å². The van der Waals surface area contributed by atoms with Gasteiger partial charge in [-0.15, -0.1) is 0 Å². The van der Waals surface area contributed by atoms with Gasteiger partial charge in [-0.1, -0.05) is 26.0 Å². The normalized spacial score (nSPS) is 13.4. The van der Waals surface area contributed by atoms with Crippen molar-refractivity contribution in [2.24, 2.45) is 0 Å². The summed E-state index contributed by atoms with van der Waals surface area (Å²) >= 11 is 0. The van der Waals surface area contributed by atoms with E-state index >= 15 is 0 Å². The van der Waals surface area contributed by atoms with E-state index < -0.39 is 0 Å². The predicted molar refractivity (Wildman–Crippen MR) is 71.4 cm³/mol. The number of nitrogens with two attached hydrogens (primary N) is 1. The van der Waals surface area contributed by atoms with E-state index in [1.807, 2.05) is 12.1 Å². The average molecular weight is 220 g/mol. The maximum atomic E-state index is 5.70. The minimum Gasteiger partial charge on any atom is -0.399 e. The van der Waals surface area contributed by atoms with Crippen LogP contribution in [0.3, 0.4) is 0 Å². The molecule has 1 atom stereocenters. The zero-order valence-electron chi connectivity index (χ0n) is 10.9. The molecule has 0 heterocycles. The van der Waals surface area contributed by atoms with Crippen molar-refractivity contribution in [3.63, 3.8) is 0 Å². The van der Waals surface area contributed by atoms with Gasteiger partial charge in [-0.25, -0.2) is 0 Å². The molecule has 0 aliphatic heterocycles. The van der Waals surface area contributed by atoms with Crippen LogP contribution in [0.1, 0.15) is 45.2 Å². The Morgan fingerprint density at radius 2 is 1.62 bits per heavy atom. The van der Waals surface area contributed by atoms with Gasteiger partial charge in [0.1, 0.15) is 0 Å². The van der Waals surface area contributed by atoms with Gasteiger partial charge in [0.15, 0.2) is 0 Å². The summed E-state index contributed by atoms with van der Waals surface area (Å²) in [7, 11) is 2.21. The van der Waals surface area contributed by atoms with Gasteiger partial charge in [0, 0.05) is 17.8 Å². The second-order valence-corrected chi connectivity index (χ2v) is 4.48. The van der Waals surface area contributed by atoms with Crippen LogP contribution < -0.4 is 5.73 Å². The maximum absolute atomic E-state index is 5.70. The van der Waals surface area contributed by atoms with Crippen LogP contribution in [0.5, 0.6) is 0 Å². The number of nitrogen functional groups attached to an aromatic ring is 1. The van der Waals surface area contributed by atoms with Crippen LogP contribution in [-0.4, -0.2) is 18.0 Å². The van der Waals surface area contributed by atoms with E-state index in [-0.39, 0.29) is 0 Å². The van der Waals surface area contributed by atoms with Crippen LogP contribution in [0.4, 0.5) is 5.69 Å². The van der Waals surface area contributed by atoms with Crippen LogP contribution in [-0.2, 0) is 0 Å². The number of hydrogen-bond acceptors (Lipinski definition) is 2. The van der Waals surface area contributed by atoms with Crippen molar-refractivity contribution < 1.29 is 0 Å². The van der Waals surface area contributed by atoms with E-state index in [4.69, 9.17) is 5.73 Å². The van der Waals surface area contributed by atoms with Crippen molar-refractivity contribution in [2.45, 2.75) is 45.7 Å². The van der Waals surface area contributed by atoms with E-state index in [0.717, 1.165) is 5.69 Å². The Kier molecular flexibility index (Phi) is 4.81. The fourth-order valence-corrected chi connectivity index (χ4v) is 2.19.